The van der Waals surface area contributed by atoms with Gasteiger partial charge < -0.3 is 15.5 Å². The number of guanidine groups is 1. The molecular formula is C18H32N4. The van der Waals surface area contributed by atoms with Crippen LogP contribution in [0.4, 0.5) is 0 Å². The van der Waals surface area contributed by atoms with Gasteiger partial charge in [-0.15, -0.1) is 0 Å². The molecule has 0 spiro atoms. The van der Waals surface area contributed by atoms with Crippen molar-refractivity contribution in [3.63, 3.8) is 0 Å². The molecule has 0 aliphatic carbocycles. The largest absolute Gasteiger partial charge is 0.356 e. The Labute approximate surface area is 136 Å². The molecule has 2 N–H and O–H groups in total. The number of nitrogens with one attached hydrogen (secondary N) is 2. The summed E-state index contributed by atoms with van der Waals surface area (Å²) in [4.78, 5) is 6.54. The second-order valence-corrected chi connectivity index (χ2v) is 6.80. The van der Waals surface area contributed by atoms with Gasteiger partial charge in [0.25, 0.3) is 0 Å². The number of hydrogen-bond acceptors (Lipinski definition) is 2. The maximum atomic E-state index is 4.32. The Morgan fingerprint density at radius 1 is 1.14 bits per heavy atom. The first kappa shape index (κ1) is 18.5. The minimum Gasteiger partial charge on any atom is -0.356 e. The van der Waals surface area contributed by atoms with Crippen molar-refractivity contribution < 1.29 is 0 Å². The third kappa shape index (κ3) is 6.48. The fourth-order valence-electron chi connectivity index (χ4n) is 2.71. The molecule has 22 heavy (non-hydrogen) atoms. The summed E-state index contributed by atoms with van der Waals surface area (Å²) in [6.45, 7) is 9.45. The molecule has 0 aliphatic rings. The van der Waals surface area contributed by atoms with E-state index in [2.05, 4.69) is 79.7 Å². The third-order valence-corrected chi connectivity index (χ3v) is 3.65. The van der Waals surface area contributed by atoms with E-state index in [9.17, 15) is 0 Å². The first-order valence-electron chi connectivity index (χ1n) is 8.04. The summed E-state index contributed by atoms with van der Waals surface area (Å²) < 4.78 is 0. The maximum absolute atomic E-state index is 4.32. The minimum absolute atomic E-state index is 0.197. The third-order valence-electron chi connectivity index (χ3n) is 3.65. The van der Waals surface area contributed by atoms with Crippen molar-refractivity contribution in [2.24, 2.45) is 10.4 Å². The SMILES string of the molecule is CCc1ccccc1CNC(=NC)NCC(C)(C)CN(C)C. The van der Waals surface area contributed by atoms with Gasteiger partial charge in [0.15, 0.2) is 5.96 Å². The Hall–Kier alpha value is -1.55. The second-order valence-electron chi connectivity index (χ2n) is 6.80. The summed E-state index contributed by atoms with van der Waals surface area (Å²) in [5.74, 6) is 0.859. The van der Waals surface area contributed by atoms with Gasteiger partial charge in [-0.25, -0.2) is 0 Å². The van der Waals surface area contributed by atoms with Gasteiger partial charge in [-0.2, -0.15) is 0 Å². The molecule has 1 aromatic rings. The summed E-state index contributed by atoms with van der Waals surface area (Å²) >= 11 is 0. The fourth-order valence-corrected chi connectivity index (χ4v) is 2.71. The van der Waals surface area contributed by atoms with E-state index < -0.39 is 0 Å². The molecule has 1 aromatic carbocycles. The molecule has 0 saturated heterocycles. The Morgan fingerprint density at radius 3 is 2.32 bits per heavy atom. The molecule has 1 rings (SSSR count). The van der Waals surface area contributed by atoms with Gasteiger partial charge in [-0.3, -0.25) is 4.99 Å². The Morgan fingerprint density at radius 2 is 1.77 bits per heavy atom. The Bertz CT molecular complexity index is 478. The number of rotatable bonds is 7. The summed E-state index contributed by atoms with van der Waals surface area (Å²) in [6, 6.07) is 8.55. The van der Waals surface area contributed by atoms with E-state index in [1.807, 2.05) is 7.05 Å². The average molecular weight is 304 g/mol. The number of benzene rings is 1. The van der Waals surface area contributed by atoms with Gasteiger partial charge in [0.05, 0.1) is 0 Å². The molecule has 0 radical (unpaired) electrons. The molecular weight excluding hydrogens is 272 g/mol. The van der Waals surface area contributed by atoms with Crippen LogP contribution >= 0.6 is 0 Å². The molecule has 4 nitrogen and oxygen atoms in total. The predicted octanol–water partition coefficient (Wildman–Crippen LogP) is 2.50. The van der Waals surface area contributed by atoms with Crippen LogP contribution in [0.2, 0.25) is 0 Å². The molecule has 0 atom stereocenters. The molecule has 0 bridgehead atoms. The van der Waals surface area contributed by atoms with Crippen LogP contribution in [0.3, 0.4) is 0 Å². The minimum atomic E-state index is 0.197. The molecule has 0 fully saturated rings. The lowest BCUT2D eigenvalue weighted by Crippen LogP contribution is -2.44. The molecule has 124 valence electrons. The molecule has 0 aliphatic heterocycles. The monoisotopic (exact) mass is 304 g/mol. The highest BCUT2D eigenvalue weighted by Crippen LogP contribution is 2.14. The number of nitrogens with zero attached hydrogens (tertiary/aromatic N) is 2. The maximum Gasteiger partial charge on any atom is 0.191 e. The Kier molecular flexibility index (Phi) is 7.39. The van der Waals surface area contributed by atoms with Crippen LogP contribution in [0, 0.1) is 5.41 Å². The van der Waals surface area contributed by atoms with Crippen molar-refractivity contribution in [2.45, 2.75) is 33.7 Å². The van der Waals surface area contributed by atoms with E-state index in [0.29, 0.717) is 0 Å². The van der Waals surface area contributed by atoms with Gasteiger partial charge in [0.2, 0.25) is 0 Å². The van der Waals surface area contributed by atoms with Crippen LogP contribution < -0.4 is 10.6 Å². The van der Waals surface area contributed by atoms with Gasteiger partial charge in [0, 0.05) is 26.7 Å². The molecule has 0 aromatic heterocycles. The lowest BCUT2D eigenvalue weighted by atomic mass is 9.93. The van der Waals surface area contributed by atoms with Crippen LogP contribution in [-0.2, 0) is 13.0 Å². The van der Waals surface area contributed by atoms with E-state index >= 15 is 0 Å². The molecule has 0 unspecified atom stereocenters. The van der Waals surface area contributed by atoms with Gasteiger partial charge in [-0.05, 0) is 37.1 Å². The van der Waals surface area contributed by atoms with E-state index in [4.69, 9.17) is 0 Å². The predicted molar refractivity (Wildman–Crippen MR) is 96.4 cm³/mol. The Balaban J connectivity index is 2.53. The second kappa shape index (κ2) is 8.79. The van der Waals surface area contributed by atoms with Crippen molar-refractivity contribution in [3.8, 4) is 0 Å². The average Bonchev–Trinajstić information content (AvgIpc) is 2.46. The summed E-state index contributed by atoms with van der Waals surface area (Å²) in [5, 5.41) is 6.85. The lowest BCUT2D eigenvalue weighted by Gasteiger charge is -2.29. The summed E-state index contributed by atoms with van der Waals surface area (Å²) in [6.07, 6.45) is 1.06. The van der Waals surface area contributed by atoms with Crippen molar-refractivity contribution in [2.75, 3.05) is 34.2 Å². The first-order valence-corrected chi connectivity index (χ1v) is 8.04. The molecule has 0 saturated carbocycles. The number of hydrogen-bond donors (Lipinski definition) is 2. The zero-order valence-electron chi connectivity index (χ0n) is 15.0. The van der Waals surface area contributed by atoms with Crippen LogP contribution in [0.1, 0.15) is 31.9 Å². The number of aliphatic imine (C=N–C) groups is 1. The van der Waals surface area contributed by atoms with Crippen molar-refractivity contribution in [1.82, 2.24) is 15.5 Å². The topological polar surface area (TPSA) is 39.7 Å². The van der Waals surface area contributed by atoms with Crippen LogP contribution in [0.25, 0.3) is 0 Å². The van der Waals surface area contributed by atoms with Gasteiger partial charge in [0.1, 0.15) is 0 Å². The van der Waals surface area contributed by atoms with E-state index in [-0.39, 0.29) is 5.41 Å². The summed E-state index contributed by atoms with van der Waals surface area (Å²) in [7, 11) is 6.03. The van der Waals surface area contributed by atoms with Crippen molar-refractivity contribution in [3.05, 3.63) is 35.4 Å². The van der Waals surface area contributed by atoms with Gasteiger partial charge in [-0.1, -0.05) is 45.0 Å². The highest BCUT2D eigenvalue weighted by Gasteiger charge is 2.19. The first-order chi connectivity index (χ1) is 10.4. The van der Waals surface area contributed by atoms with Gasteiger partial charge >= 0.3 is 0 Å². The fraction of sp³-hybridized carbons (Fsp3) is 0.611. The van der Waals surface area contributed by atoms with Crippen LogP contribution in [-0.4, -0.2) is 45.1 Å². The number of aryl methyl sites for hydroxylation is 1. The standard InChI is InChI=1S/C18H32N4/c1-7-15-10-8-9-11-16(15)12-20-17(19-4)21-13-18(2,3)14-22(5)6/h8-11H,7,12-14H2,1-6H3,(H2,19,20,21). The van der Waals surface area contributed by atoms with E-state index in [1.165, 1.54) is 11.1 Å². The van der Waals surface area contributed by atoms with Crippen LogP contribution in [0.15, 0.2) is 29.3 Å². The highest BCUT2D eigenvalue weighted by molar-refractivity contribution is 5.79. The highest BCUT2D eigenvalue weighted by atomic mass is 15.2. The smallest absolute Gasteiger partial charge is 0.191 e. The van der Waals surface area contributed by atoms with Crippen molar-refractivity contribution >= 4 is 5.96 Å². The summed E-state index contributed by atoms with van der Waals surface area (Å²) in [5.41, 5.74) is 2.92. The lowest BCUT2D eigenvalue weighted by molar-refractivity contribution is 0.241. The van der Waals surface area contributed by atoms with E-state index in [0.717, 1.165) is 32.0 Å². The molecule has 0 amide bonds. The zero-order chi connectivity index (χ0) is 16.6. The molecule has 4 heteroatoms. The normalized spacial score (nSPS) is 12.6. The molecule has 0 heterocycles. The van der Waals surface area contributed by atoms with E-state index in [1.54, 1.807) is 0 Å². The zero-order valence-corrected chi connectivity index (χ0v) is 15.0. The quantitative estimate of drug-likeness (QED) is 0.600. The van der Waals surface area contributed by atoms with Crippen molar-refractivity contribution in [1.29, 1.82) is 0 Å². The van der Waals surface area contributed by atoms with Crippen LogP contribution in [0.5, 0.6) is 0 Å².